The van der Waals surface area contributed by atoms with E-state index in [2.05, 4.69) is 20.4 Å². The van der Waals surface area contributed by atoms with E-state index in [1.807, 2.05) is 30.3 Å². The maximum absolute atomic E-state index is 13.3. The summed E-state index contributed by atoms with van der Waals surface area (Å²) in [5.74, 6) is 0.107. The third kappa shape index (κ3) is 3.93. The van der Waals surface area contributed by atoms with Crippen LogP contribution in [0.1, 0.15) is 16.2 Å². The van der Waals surface area contributed by atoms with E-state index in [9.17, 15) is 9.18 Å². The summed E-state index contributed by atoms with van der Waals surface area (Å²) in [7, 11) is 0. The van der Waals surface area contributed by atoms with Gasteiger partial charge in [-0.15, -0.1) is 0 Å². The standard InChI is InChI=1S/C21H15FN4O2/c22-17-8-4-7-15(11-17)18-10-9-16(12-23-18)21(27)24-13-19-25-20(26-28-19)14-5-2-1-3-6-14/h1-12H,13H2,(H,24,27). The molecule has 1 amide bonds. The van der Waals surface area contributed by atoms with E-state index in [0.29, 0.717) is 28.5 Å². The van der Waals surface area contributed by atoms with Crippen LogP contribution in [0.15, 0.2) is 77.4 Å². The van der Waals surface area contributed by atoms with Gasteiger partial charge in [-0.1, -0.05) is 47.6 Å². The van der Waals surface area contributed by atoms with Gasteiger partial charge in [0, 0.05) is 17.3 Å². The third-order valence-corrected chi connectivity index (χ3v) is 4.05. The molecule has 4 rings (SSSR count). The molecule has 0 bridgehead atoms. The normalized spacial score (nSPS) is 10.6. The fourth-order valence-corrected chi connectivity index (χ4v) is 2.64. The minimum Gasteiger partial charge on any atom is -0.343 e. The molecule has 0 unspecified atom stereocenters. The van der Waals surface area contributed by atoms with Gasteiger partial charge in [-0.25, -0.2) is 4.39 Å². The Morgan fingerprint density at radius 3 is 2.57 bits per heavy atom. The molecule has 7 heteroatoms. The Morgan fingerprint density at radius 2 is 1.82 bits per heavy atom. The molecule has 0 saturated carbocycles. The lowest BCUT2D eigenvalue weighted by Crippen LogP contribution is -2.23. The predicted molar refractivity (Wildman–Crippen MR) is 101 cm³/mol. The number of rotatable bonds is 5. The van der Waals surface area contributed by atoms with Gasteiger partial charge in [-0.05, 0) is 24.3 Å². The van der Waals surface area contributed by atoms with E-state index in [1.165, 1.54) is 18.3 Å². The highest BCUT2D eigenvalue weighted by atomic mass is 19.1. The molecule has 2 heterocycles. The molecular weight excluding hydrogens is 359 g/mol. The second-order valence-corrected chi connectivity index (χ2v) is 6.00. The number of carbonyl (C=O) groups excluding carboxylic acids is 1. The first-order valence-electron chi connectivity index (χ1n) is 8.57. The zero-order chi connectivity index (χ0) is 19.3. The summed E-state index contributed by atoms with van der Waals surface area (Å²) in [5, 5.41) is 6.62. The van der Waals surface area contributed by atoms with Crippen LogP contribution in [0.25, 0.3) is 22.6 Å². The van der Waals surface area contributed by atoms with Crippen molar-refractivity contribution in [3.63, 3.8) is 0 Å². The first-order valence-corrected chi connectivity index (χ1v) is 8.57. The van der Waals surface area contributed by atoms with Crippen LogP contribution in [0, 0.1) is 5.82 Å². The quantitative estimate of drug-likeness (QED) is 0.574. The molecule has 0 aliphatic carbocycles. The molecule has 1 N–H and O–H groups in total. The van der Waals surface area contributed by atoms with Crippen molar-refractivity contribution in [3.8, 4) is 22.6 Å². The van der Waals surface area contributed by atoms with Gasteiger partial charge >= 0.3 is 0 Å². The minimum absolute atomic E-state index is 0.102. The Balaban J connectivity index is 1.40. The minimum atomic E-state index is -0.337. The molecule has 0 aliphatic rings. The van der Waals surface area contributed by atoms with Crippen molar-refractivity contribution in [2.24, 2.45) is 0 Å². The molecule has 0 spiro atoms. The molecule has 0 fully saturated rings. The van der Waals surface area contributed by atoms with E-state index in [1.54, 1.807) is 24.3 Å². The van der Waals surface area contributed by atoms with Gasteiger partial charge in [0.2, 0.25) is 11.7 Å². The van der Waals surface area contributed by atoms with Crippen LogP contribution >= 0.6 is 0 Å². The van der Waals surface area contributed by atoms with Crippen molar-refractivity contribution in [1.29, 1.82) is 0 Å². The molecule has 28 heavy (non-hydrogen) atoms. The summed E-state index contributed by atoms with van der Waals surface area (Å²) >= 11 is 0. The van der Waals surface area contributed by atoms with E-state index in [4.69, 9.17) is 4.52 Å². The SMILES string of the molecule is O=C(NCc1nc(-c2ccccc2)no1)c1ccc(-c2cccc(F)c2)nc1. The maximum atomic E-state index is 13.3. The van der Waals surface area contributed by atoms with Gasteiger partial charge in [0.25, 0.3) is 5.91 Å². The van der Waals surface area contributed by atoms with Gasteiger partial charge in [-0.3, -0.25) is 9.78 Å². The van der Waals surface area contributed by atoms with Crippen molar-refractivity contribution >= 4 is 5.91 Å². The van der Waals surface area contributed by atoms with Crippen molar-refractivity contribution < 1.29 is 13.7 Å². The molecule has 0 aliphatic heterocycles. The number of aromatic nitrogens is 3. The molecule has 2 aromatic heterocycles. The van der Waals surface area contributed by atoms with Crippen LogP contribution in [-0.4, -0.2) is 21.0 Å². The Morgan fingerprint density at radius 1 is 1.00 bits per heavy atom. The van der Waals surface area contributed by atoms with Crippen LogP contribution in [0.4, 0.5) is 4.39 Å². The van der Waals surface area contributed by atoms with E-state index in [-0.39, 0.29) is 18.3 Å². The molecule has 6 nitrogen and oxygen atoms in total. The summed E-state index contributed by atoms with van der Waals surface area (Å²) in [6.07, 6.45) is 1.44. The molecule has 138 valence electrons. The Kier molecular flexibility index (Phi) is 4.88. The molecule has 0 saturated heterocycles. The number of nitrogens with zero attached hydrogens (tertiary/aromatic N) is 3. The van der Waals surface area contributed by atoms with Crippen molar-refractivity contribution in [2.75, 3.05) is 0 Å². The smallest absolute Gasteiger partial charge is 0.253 e. The molecule has 4 aromatic rings. The zero-order valence-corrected chi connectivity index (χ0v) is 14.7. The molecular formula is C21H15FN4O2. The summed E-state index contributed by atoms with van der Waals surface area (Å²) in [4.78, 5) is 20.8. The van der Waals surface area contributed by atoms with Crippen molar-refractivity contribution in [1.82, 2.24) is 20.4 Å². The Hall–Kier alpha value is -3.87. The molecule has 0 atom stereocenters. The highest BCUT2D eigenvalue weighted by molar-refractivity contribution is 5.94. The zero-order valence-electron chi connectivity index (χ0n) is 14.7. The lowest BCUT2D eigenvalue weighted by atomic mass is 10.1. The fraction of sp³-hybridized carbons (Fsp3) is 0.0476. The average Bonchev–Trinajstić information content (AvgIpc) is 3.22. The van der Waals surface area contributed by atoms with Crippen LogP contribution in [0.2, 0.25) is 0 Å². The first-order chi connectivity index (χ1) is 13.7. The monoisotopic (exact) mass is 374 g/mol. The maximum Gasteiger partial charge on any atom is 0.253 e. The first kappa shape index (κ1) is 17.5. The average molecular weight is 374 g/mol. The summed E-state index contributed by atoms with van der Waals surface area (Å²) in [6.45, 7) is 0.102. The highest BCUT2D eigenvalue weighted by Crippen LogP contribution is 2.18. The largest absolute Gasteiger partial charge is 0.343 e. The summed E-state index contributed by atoms with van der Waals surface area (Å²) < 4.78 is 18.5. The topological polar surface area (TPSA) is 80.9 Å². The lowest BCUT2D eigenvalue weighted by molar-refractivity contribution is 0.0946. The molecule has 0 radical (unpaired) electrons. The van der Waals surface area contributed by atoms with E-state index < -0.39 is 0 Å². The Labute approximate surface area is 160 Å². The van der Waals surface area contributed by atoms with Gasteiger partial charge in [-0.2, -0.15) is 4.98 Å². The fourth-order valence-electron chi connectivity index (χ4n) is 2.64. The predicted octanol–water partition coefficient (Wildman–Crippen LogP) is 3.87. The lowest BCUT2D eigenvalue weighted by Gasteiger charge is -2.04. The Bertz CT molecular complexity index is 1090. The summed E-state index contributed by atoms with van der Waals surface area (Å²) in [6, 6.07) is 18.8. The van der Waals surface area contributed by atoms with Crippen LogP contribution in [0.3, 0.4) is 0 Å². The van der Waals surface area contributed by atoms with Gasteiger partial charge in [0.1, 0.15) is 5.82 Å². The van der Waals surface area contributed by atoms with Crippen molar-refractivity contribution in [3.05, 3.63) is 90.2 Å². The van der Waals surface area contributed by atoms with E-state index in [0.717, 1.165) is 5.56 Å². The van der Waals surface area contributed by atoms with Crippen molar-refractivity contribution in [2.45, 2.75) is 6.54 Å². The number of halogens is 1. The number of nitrogens with one attached hydrogen (secondary N) is 1. The number of hydrogen-bond donors (Lipinski definition) is 1. The van der Waals surface area contributed by atoms with Crippen LogP contribution < -0.4 is 5.32 Å². The number of carbonyl (C=O) groups is 1. The van der Waals surface area contributed by atoms with Gasteiger partial charge < -0.3 is 9.84 Å². The number of benzene rings is 2. The number of hydrogen-bond acceptors (Lipinski definition) is 5. The second-order valence-electron chi connectivity index (χ2n) is 6.00. The second kappa shape index (κ2) is 7.79. The highest BCUT2D eigenvalue weighted by Gasteiger charge is 2.11. The van der Waals surface area contributed by atoms with Gasteiger partial charge in [0.05, 0.1) is 17.8 Å². The van der Waals surface area contributed by atoms with Gasteiger partial charge in [0.15, 0.2) is 0 Å². The summed E-state index contributed by atoms with van der Waals surface area (Å²) in [5.41, 5.74) is 2.44. The molecule has 2 aromatic carbocycles. The van der Waals surface area contributed by atoms with E-state index >= 15 is 0 Å². The third-order valence-electron chi connectivity index (χ3n) is 4.05. The number of amides is 1. The number of pyridine rings is 1. The van der Waals surface area contributed by atoms with Crippen LogP contribution in [-0.2, 0) is 6.54 Å². The van der Waals surface area contributed by atoms with Crippen LogP contribution in [0.5, 0.6) is 0 Å².